The summed E-state index contributed by atoms with van der Waals surface area (Å²) in [6.07, 6.45) is 3.52. The van der Waals surface area contributed by atoms with Crippen molar-refractivity contribution in [3.8, 4) is 0 Å². The van der Waals surface area contributed by atoms with Crippen molar-refractivity contribution in [3.63, 3.8) is 0 Å². The van der Waals surface area contributed by atoms with Gasteiger partial charge in [0.25, 0.3) is 0 Å². The van der Waals surface area contributed by atoms with E-state index in [1.807, 2.05) is 24.7 Å². The predicted molar refractivity (Wildman–Crippen MR) is 69.3 cm³/mol. The number of benzene rings is 1. The van der Waals surface area contributed by atoms with E-state index in [9.17, 15) is 9.18 Å². The first-order valence-electron chi connectivity index (χ1n) is 5.51. The summed E-state index contributed by atoms with van der Waals surface area (Å²) in [4.78, 5) is 16.3. The van der Waals surface area contributed by atoms with E-state index >= 15 is 0 Å². The number of nitrogens with zero attached hydrogens (tertiary/aromatic N) is 2. The first kappa shape index (κ1) is 12.8. The zero-order valence-electron chi connectivity index (χ0n) is 10.1. The van der Waals surface area contributed by atoms with Gasteiger partial charge in [-0.1, -0.05) is 11.8 Å². The Morgan fingerprint density at radius 2 is 2.06 bits per heavy atom. The van der Waals surface area contributed by atoms with Crippen molar-refractivity contribution in [1.29, 1.82) is 0 Å². The quantitative estimate of drug-likeness (QED) is 0.629. The molecule has 1 aromatic carbocycles. The number of hydrogen-bond donors (Lipinski definition) is 0. The van der Waals surface area contributed by atoms with Crippen LogP contribution < -0.4 is 0 Å². The highest BCUT2D eigenvalue weighted by Crippen LogP contribution is 2.23. The van der Waals surface area contributed by atoms with Gasteiger partial charge < -0.3 is 4.57 Å². The molecule has 0 unspecified atom stereocenters. The lowest BCUT2D eigenvalue weighted by Crippen LogP contribution is -2.14. The number of aromatic nitrogens is 2. The Kier molecular flexibility index (Phi) is 3.81. The van der Waals surface area contributed by atoms with Crippen LogP contribution in [0, 0.1) is 5.82 Å². The fraction of sp³-hybridized carbons (Fsp3) is 0.231. The summed E-state index contributed by atoms with van der Waals surface area (Å²) in [5.41, 5.74) is 0.519. The lowest BCUT2D eigenvalue weighted by atomic mass is 10.1. The third-order valence-electron chi connectivity index (χ3n) is 2.56. The lowest BCUT2D eigenvalue weighted by molar-refractivity contribution is 0.0994. The summed E-state index contributed by atoms with van der Waals surface area (Å²) in [5.74, 6) is -0.362. The molecule has 1 aromatic heterocycles. The van der Waals surface area contributed by atoms with Gasteiger partial charge in [0.05, 0.1) is 5.25 Å². The minimum atomic E-state index is -0.337. The average Bonchev–Trinajstić information content (AvgIpc) is 2.75. The highest BCUT2D eigenvalue weighted by molar-refractivity contribution is 8.00. The number of carbonyl (C=O) groups is 1. The van der Waals surface area contributed by atoms with Crippen molar-refractivity contribution in [2.45, 2.75) is 17.3 Å². The molecular formula is C13H13FN2OS. The summed E-state index contributed by atoms with van der Waals surface area (Å²) in [6, 6.07) is 5.61. The van der Waals surface area contributed by atoms with E-state index in [1.54, 1.807) is 6.20 Å². The standard InChI is InChI=1S/C13H13FN2OS/c1-9(18-13-15-7-8-16(13)2)12(17)10-3-5-11(14)6-4-10/h3-9H,1-2H3/t9-/m0/s1. The van der Waals surface area contributed by atoms with Gasteiger partial charge in [-0.15, -0.1) is 0 Å². The maximum absolute atomic E-state index is 12.8. The molecule has 1 heterocycles. The molecule has 94 valence electrons. The molecule has 0 spiro atoms. The van der Waals surface area contributed by atoms with E-state index < -0.39 is 0 Å². The zero-order chi connectivity index (χ0) is 13.1. The minimum absolute atomic E-state index is 0.0250. The number of Topliss-reactive ketones (excluding diaryl/α,β-unsaturated/α-hetero) is 1. The van der Waals surface area contributed by atoms with Gasteiger partial charge in [-0.3, -0.25) is 4.79 Å². The Hall–Kier alpha value is -1.62. The number of carbonyl (C=O) groups excluding carboxylic acids is 1. The van der Waals surface area contributed by atoms with E-state index in [0.29, 0.717) is 5.56 Å². The van der Waals surface area contributed by atoms with Gasteiger partial charge in [0, 0.05) is 25.0 Å². The van der Waals surface area contributed by atoms with Crippen molar-refractivity contribution >= 4 is 17.5 Å². The molecular weight excluding hydrogens is 251 g/mol. The SMILES string of the molecule is C[C@H](Sc1nccn1C)C(=O)c1ccc(F)cc1. The normalized spacial score (nSPS) is 12.4. The van der Waals surface area contributed by atoms with E-state index in [0.717, 1.165) is 5.16 Å². The lowest BCUT2D eigenvalue weighted by Gasteiger charge is -2.09. The summed E-state index contributed by atoms with van der Waals surface area (Å²) in [6.45, 7) is 1.82. The fourth-order valence-electron chi connectivity index (χ4n) is 1.53. The topological polar surface area (TPSA) is 34.9 Å². The first-order chi connectivity index (χ1) is 8.58. The second-order valence-corrected chi connectivity index (χ2v) is 5.26. The molecule has 0 radical (unpaired) electrons. The molecule has 18 heavy (non-hydrogen) atoms. The van der Waals surface area contributed by atoms with Gasteiger partial charge in [0.1, 0.15) is 5.82 Å². The molecule has 0 aliphatic carbocycles. The smallest absolute Gasteiger partial charge is 0.175 e. The Bertz CT molecular complexity index is 550. The van der Waals surface area contributed by atoms with Crippen LogP contribution in [0.3, 0.4) is 0 Å². The highest BCUT2D eigenvalue weighted by Gasteiger charge is 2.18. The number of ketones is 1. The van der Waals surface area contributed by atoms with Crippen molar-refractivity contribution in [2.75, 3.05) is 0 Å². The summed E-state index contributed by atoms with van der Waals surface area (Å²) in [5, 5.41) is 0.537. The maximum Gasteiger partial charge on any atom is 0.175 e. The Balaban J connectivity index is 2.09. The minimum Gasteiger partial charge on any atom is -0.329 e. The van der Waals surface area contributed by atoms with Crippen molar-refractivity contribution in [2.24, 2.45) is 7.05 Å². The zero-order valence-corrected chi connectivity index (χ0v) is 10.9. The molecule has 1 atom stereocenters. The highest BCUT2D eigenvalue weighted by atomic mass is 32.2. The summed E-state index contributed by atoms with van der Waals surface area (Å²) >= 11 is 1.39. The summed E-state index contributed by atoms with van der Waals surface area (Å²) in [7, 11) is 1.88. The Morgan fingerprint density at radius 3 is 2.61 bits per heavy atom. The first-order valence-corrected chi connectivity index (χ1v) is 6.39. The molecule has 0 saturated carbocycles. The fourth-order valence-corrected chi connectivity index (χ4v) is 2.43. The monoisotopic (exact) mass is 264 g/mol. The molecule has 5 heteroatoms. The third-order valence-corrected chi connectivity index (χ3v) is 3.73. The predicted octanol–water partition coefficient (Wildman–Crippen LogP) is 2.92. The van der Waals surface area contributed by atoms with Crippen molar-refractivity contribution in [3.05, 3.63) is 48.0 Å². The van der Waals surface area contributed by atoms with E-state index in [1.165, 1.54) is 36.0 Å². The second kappa shape index (κ2) is 5.35. The molecule has 0 aliphatic heterocycles. The van der Waals surface area contributed by atoms with Crippen LogP contribution in [-0.4, -0.2) is 20.6 Å². The maximum atomic E-state index is 12.8. The van der Waals surface area contributed by atoms with Crippen LogP contribution >= 0.6 is 11.8 Å². The molecule has 0 N–H and O–H groups in total. The molecule has 3 nitrogen and oxygen atoms in total. The van der Waals surface area contributed by atoms with Gasteiger partial charge >= 0.3 is 0 Å². The molecule has 0 bridgehead atoms. The van der Waals surface area contributed by atoms with Gasteiger partial charge in [0.2, 0.25) is 0 Å². The number of hydrogen-bond acceptors (Lipinski definition) is 3. The Morgan fingerprint density at radius 1 is 1.39 bits per heavy atom. The third kappa shape index (κ3) is 2.79. The van der Waals surface area contributed by atoms with Crippen LogP contribution in [0.4, 0.5) is 4.39 Å². The van der Waals surface area contributed by atoms with Gasteiger partial charge in [-0.2, -0.15) is 0 Å². The largest absolute Gasteiger partial charge is 0.329 e. The molecule has 0 amide bonds. The van der Waals surface area contributed by atoms with E-state index in [2.05, 4.69) is 4.98 Å². The van der Waals surface area contributed by atoms with E-state index in [-0.39, 0.29) is 16.9 Å². The van der Waals surface area contributed by atoms with Gasteiger partial charge in [0.15, 0.2) is 10.9 Å². The van der Waals surface area contributed by atoms with Gasteiger partial charge in [-0.05, 0) is 31.2 Å². The van der Waals surface area contributed by atoms with Crippen LogP contribution in [0.1, 0.15) is 17.3 Å². The number of imidazole rings is 1. The van der Waals surface area contributed by atoms with Crippen LogP contribution in [0.5, 0.6) is 0 Å². The number of aryl methyl sites for hydroxylation is 1. The molecule has 2 aromatic rings. The summed E-state index contributed by atoms with van der Waals surface area (Å²) < 4.78 is 14.6. The number of halogens is 1. The number of thioether (sulfide) groups is 1. The average molecular weight is 264 g/mol. The molecule has 2 rings (SSSR count). The van der Waals surface area contributed by atoms with Crippen LogP contribution in [-0.2, 0) is 7.05 Å². The van der Waals surface area contributed by atoms with Crippen molar-refractivity contribution in [1.82, 2.24) is 9.55 Å². The van der Waals surface area contributed by atoms with Gasteiger partial charge in [-0.25, -0.2) is 9.37 Å². The van der Waals surface area contributed by atoms with Crippen LogP contribution in [0.15, 0.2) is 41.8 Å². The van der Waals surface area contributed by atoms with Crippen LogP contribution in [0.2, 0.25) is 0 Å². The molecule has 0 saturated heterocycles. The Labute approximate surface area is 109 Å². The molecule has 0 aliphatic rings. The molecule has 0 fully saturated rings. The van der Waals surface area contributed by atoms with Crippen LogP contribution in [0.25, 0.3) is 0 Å². The van der Waals surface area contributed by atoms with E-state index in [4.69, 9.17) is 0 Å². The second-order valence-electron chi connectivity index (χ2n) is 3.95. The van der Waals surface area contributed by atoms with Crippen molar-refractivity contribution < 1.29 is 9.18 Å². The number of rotatable bonds is 4.